The molecule has 0 aliphatic carbocycles. The SMILES string of the molecule is CC[C@H](C)[C@H](Nc1nc(NCCOCCOCCNC(=O)c2ccccc2)nc(NCc2ccc(C)cc2)n1)C(=O)O. The zero-order chi connectivity index (χ0) is 30.2. The predicted octanol–water partition coefficient (Wildman–Crippen LogP) is 3.58. The van der Waals surface area contributed by atoms with Crippen molar-refractivity contribution < 1.29 is 24.2 Å². The predicted molar refractivity (Wildman–Crippen MR) is 162 cm³/mol. The van der Waals surface area contributed by atoms with Gasteiger partial charge in [-0.25, -0.2) is 4.79 Å². The van der Waals surface area contributed by atoms with E-state index in [0.717, 1.165) is 5.56 Å². The molecule has 0 unspecified atom stereocenters. The molecule has 2 atom stereocenters. The van der Waals surface area contributed by atoms with E-state index in [2.05, 4.69) is 36.2 Å². The number of benzene rings is 2. The summed E-state index contributed by atoms with van der Waals surface area (Å²) in [6, 6.07) is 16.3. The highest BCUT2D eigenvalue weighted by Gasteiger charge is 2.24. The number of carboxylic acid groups (broad SMARTS) is 1. The largest absolute Gasteiger partial charge is 0.480 e. The third kappa shape index (κ3) is 11.3. The van der Waals surface area contributed by atoms with Gasteiger partial charge in [0.2, 0.25) is 17.8 Å². The van der Waals surface area contributed by atoms with Crippen molar-refractivity contribution in [1.29, 1.82) is 0 Å². The number of aryl methyl sites for hydroxylation is 1. The van der Waals surface area contributed by atoms with E-state index in [1.54, 1.807) is 12.1 Å². The second-order valence-corrected chi connectivity index (χ2v) is 9.76. The Morgan fingerprint density at radius 2 is 1.45 bits per heavy atom. The van der Waals surface area contributed by atoms with E-state index >= 15 is 0 Å². The van der Waals surface area contributed by atoms with Gasteiger partial charge in [-0.3, -0.25) is 4.79 Å². The fraction of sp³-hybridized carbons (Fsp3) is 0.433. The van der Waals surface area contributed by atoms with Crippen LogP contribution in [-0.4, -0.2) is 77.5 Å². The summed E-state index contributed by atoms with van der Waals surface area (Å²) in [6.07, 6.45) is 0.683. The summed E-state index contributed by atoms with van der Waals surface area (Å²) in [4.78, 5) is 37.1. The minimum Gasteiger partial charge on any atom is -0.480 e. The van der Waals surface area contributed by atoms with Crippen LogP contribution >= 0.6 is 0 Å². The first-order chi connectivity index (χ1) is 20.4. The van der Waals surface area contributed by atoms with Gasteiger partial charge in [0.25, 0.3) is 5.91 Å². The fourth-order valence-corrected chi connectivity index (χ4v) is 3.79. The number of hydrogen-bond acceptors (Lipinski definition) is 10. The van der Waals surface area contributed by atoms with Crippen molar-refractivity contribution >= 4 is 29.7 Å². The molecular weight excluding hydrogens is 538 g/mol. The summed E-state index contributed by atoms with van der Waals surface area (Å²) in [5.74, 6) is -0.456. The number of nitrogens with zero attached hydrogens (tertiary/aromatic N) is 3. The van der Waals surface area contributed by atoms with E-state index < -0.39 is 12.0 Å². The molecule has 3 aromatic rings. The number of aliphatic carboxylic acids is 1. The molecule has 1 amide bonds. The Balaban J connectivity index is 1.44. The Labute approximate surface area is 246 Å². The van der Waals surface area contributed by atoms with Crippen molar-refractivity contribution in [2.45, 2.75) is 39.8 Å². The Bertz CT molecular complexity index is 1240. The average Bonchev–Trinajstić information content (AvgIpc) is 3.00. The van der Waals surface area contributed by atoms with Gasteiger partial charge in [-0.15, -0.1) is 0 Å². The molecule has 42 heavy (non-hydrogen) atoms. The maximum Gasteiger partial charge on any atom is 0.326 e. The zero-order valence-corrected chi connectivity index (χ0v) is 24.4. The number of rotatable bonds is 19. The summed E-state index contributed by atoms with van der Waals surface area (Å²) < 4.78 is 11.1. The third-order valence-electron chi connectivity index (χ3n) is 6.44. The average molecular weight is 580 g/mol. The molecule has 5 N–H and O–H groups in total. The van der Waals surface area contributed by atoms with Crippen LogP contribution in [0.1, 0.15) is 41.8 Å². The molecule has 0 saturated heterocycles. The van der Waals surface area contributed by atoms with Crippen molar-refractivity contribution in [2.24, 2.45) is 5.92 Å². The van der Waals surface area contributed by atoms with Gasteiger partial charge in [0.15, 0.2) is 0 Å². The molecule has 1 aromatic heterocycles. The first-order valence-electron chi connectivity index (χ1n) is 14.1. The van der Waals surface area contributed by atoms with Crippen LogP contribution < -0.4 is 21.3 Å². The van der Waals surface area contributed by atoms with Crippen LogP contribution in [0.5, 0.6) is 0 Å². The smallest absolute Gasteiger partial charge is 0.326 e. The Morgan fingerprint density at radius 1 is 0.833 bits per heavy atom. The number of ether oxygens (including phenoxy) is 2. The lowest BCUT2D eigenvalue weighted by Gasteiger charge is -2.20. The maximum atomic E-state index is 12.0. The Kier molecular flexibility index (Phi) is 13.4. The molecule has 0 aliphatic heterocycles. The summed E-state index contributed by atoms with van der Waals surface area (Å²) in [6.45, 7) is 8.68. The molecule has 12 heteroatoms. The molecule has 1 heterocycles. The topological polar surface area (TPSA) is 160 Å². The van der Waals surface area contributed by atoms with Crippen molar-refractivity contribution in [3.05, 3.63) is 71.3 Å². The summed E-state index contributed by atoms with van der Waals surface area (Å²) in [5.41, 5.74) is 2.84. The molecule has 0 bridgehead atoms. The summed E-state index contributed by atoms with van der Waals surface area (Å²) >= 11 is 0. The summed E-state index contributed by atoms with van der Waals surface area (Å²) in [7, 11) is 0. The van der Waals surface area contributed by atoms with Gasteiger partial charge in [-0.2, -0.15) is 15.0 Å². The highest BCUT2D eigenvalue weighted by molar-refractivity contribution is 5.94. The number of carboxylic acids is 1. The second-order valence-electron chi connectivity index (χ2n) is 9.76. The monoisotopic (exact) mass is 579 g/mol. The molecule has 12 nitrogen and oxygen atoms in total. The van der Waals surface area contributed by atoms with Gasteiger partial charge in [0, 0.05) is 25.2 Å². The molecule has 0 saturated carbocycles. The third-order valence-corrected chi connectivity index (χ3v) is 6.44. The summed E-state index contributed by atoms with van der Waals surface area (Å²) in [5, 5.41) is 21.8. The van der Waals surface area contributed by atoms with E-state index in [9.17, 15) is 14.7 Å². The van der Waals surface area contributed by atoms with Crippen molar-refractivity contribution in [3.8, 4) is 0 Å². The highest BCUT2D eigenvalue weighted by atomic mass is 16.5. The lowest BCUT2D eigenvalue weighted by Crippen LogP contribution is -2.36. The van der Waals surface area contributed by atoms with Crippen LogP contribution in [0.4, 0.5) is 17.8 Å². The molecule has 226 valence electrons. The molecule has 0 aliphatic rings. The quantitative estimate of drug-likeness (QED) is 0.132. The number of carbonyl (C=O) groups is 2. The van der Waals surface area contributed by atoms with Crippen LogP contribution in [-0.2, 0) is 20.8 Å². The lowest BCUT2D eigenvalue weighted by molar-refractivity contribution is -0.139. The number of hydrogen-bond donors (Lipinski definition) is 5. The number of carbonyl (C=O) groups excluding carboxylic acids is 1. The normalized spacial score (nSPS) is 12.3. The minimum atomic E-state index is -0.970. The first kappa shape index (κ1) is 32.2. The zero-order valence-electron chi connectivity index (χ0n) is 24.4. The second kappa shape index (κ2) is 17.5. The van der Waals surface area contributed by atoms with Gasteiger partial charge < -0.3 is 35.8 Å². The number of nitrogens with one attached hydrogen (secondary N) is 4. The van der Waals surface area contributed by atoms with Crippen molar-refractivity contribution in [1.82, 2.24) is 20.3 Å². The molecule has 3 rings (SSSR count). The Morgan fingerprint density at radius 3 is 2.10 bits per heavy atom. The number of amides is 1. The number of anilines is 3. The van der Waals surface area contributed by atoms with Crippen LogP contribution in [0, 0.1) is 12.8 Å². The van der Waals surface area contributed by atoms with E-state index in [0.29, 0.717) is 69.9 Å². The van der Waals surface area contributed by atoms with E-state index in [4.69, 9.17) is 9.47 Å². The maximum absolute atomic E-state index is 12.0. The standard InChI is InChI=1S/C30H41N7O5/c1-4-22(3)25(27(39)40)34-30-36-28(35-29(37-30)33-20-23-12-10-21(2)11-13-23)32-15-17-42-19-18-41-16-14-31-26(38)24-8-6-5-7-9-24/h5-13,22,25H,4,14-20H2,1-3H3,(H,31,38)(H,39,40)(H3,32,33,34,35,36,37)/t22-,25-/m0/s1. The van der Waals surface area contributed by atoms with E-state index in [-0.39, 0.29) is 17.8 Å². The van der Waals surface area contributed by atoms with Gasteiger partial charge in [-0.05, 0) is 30.5 Å². The number of aromatic nitrogens is 3. The van der Waals surface area contributed by atoms with Crippen LogP contribution in [0.2, 0.25) is 0 Å². The molecule has 0 spiro atoms. The minimum absolute atomic E-state index is 0.129. The van der Waals surface area contributed by atoms with Gasteiger partial charge in [-0.1, -0.05) is 68.3 Å². The van der Waals surface area contributed by atoms with Crippen molar-refractivity contribution in [3.63, 3.8) is 0 Å². The van der Waals surface area contributed by atoms with E-state index in [1.165, 1.54) is 5.56 Å². The first-order valence-corrected chi connectivity index (χ1v) is 14.1. The molecule has 0 radical (unpaired) electrons. The van der Waals surface area contributed by atoms with Gasteiger partial charge >= 0.3 is 5.97 Å². The molecule has 2 aromatic carbocycles. The van der Waals surface area contributed by atoms with Gasteiger partial charge in [0.05, 0.1) is 26.4 Å². The molecule has 0 fully saturated rings. The molecular formula is C30H41N7O5. The lowest BCUT2D eigenvalue weighted by atomic mass is 10.00. The van der Waals surface area contributed by atoms with Crippen LogP contribution in [0.15, 0.2) is 54.6 Å². The fourth-order valence-electron chi connectivity index (χ4n) is 3.79. The Hall–Kier alpha value is -4.29. The van der Waals surface area contributed by atoms with Crippen LogP contribution in [0.25, 0.3) is 0 Å². The van der Waals surface area contributed by atoms with Crippen LogP contribution in [0.3, 0.4) is 0 Å². The highest BCUT2D eigenvalue weighted by Crippen LogP contribution is 2.16. The van der Waals surface area contributed by atoms with Crippen molar-refractivity contribution in [2.75, 3.05) is 55.5 Å². The van der Waals surface area contributed by atoms with E-state index in [1.807, 2.05) is 63.2 Å². The van der Waals surface area contributed by atoms with Gasteiger partial charge in [0.1, 0.15) is 6.04 Å².